The summed E-state index contributed by atoms with van der Waals surface area (Å²) in [5.41, 5.74) is 1.73. The van der Waals surface area contributed by atoms with Crippen molar-refractivity contribution in [2.45, 2.75) is 19.4 Å². The van der Waals surface area contributed by atoms with Crippen LogP contribution in [0, 0.1) is 5.82 Å². The molecule has 1 unspecified atom stereocenters. The Morgan fingerprint density at radius 1 is 1.35 bits per heavy atom. The number of hydrogen-bond acceptors (Lipinski definition) is 2. The summed E-state index contributed by atoms with van der Waals surface area (Å²) < 4.78 is 20.3. The fourth-order valence-corrected chi connectivity index (χ4v) is 2.02. The molecule has 17 heavy (non-hydrogen) atoms. The second kappa shape index (κ2) is 3.87. The lowest BCUT2D eigenvalue weighted by Crippen LogP contribution is -2.18. The molecule has 1 aliphatic heterocycles. The van der Waals surface area contributed by atoms with Crippen LogP contribution in [0.5, 0.6) is 5.88 Å². The SMILES string of the molecule is CC1CCOc2cc(-c3ccc(F)cc3)nn21. The van der Waals surface area contributed by atoms with Crippen molar-refractivity contribution < 1.29 is 9.13 Å². The van der Waals surface area contributed by atoms with Gasteiger partial charge in [-0.05, 0) is 31.2 Å². The van der Waals surface area contributed by atoms with Crippen LogP contribution in [-0.2, 0) is 0 Å². The molecule has 0 saturated carbocycles. The van der Waals surface area contributed by atoms with Crippen LogP contribution < -0.4 is 4.74 Å². The van der Waals surface area contributed by atoms with Crippen LogP contribution in [0.1, 0.15) is 19.4 Å². The highest BCUT2D eigenvalue weighted by Gasteiger charge is 2.19. The van der Waals surface area contributed by atoms with E-state index in [4.69, 9.17) is 4.74 Å². The van der Waals surface area contributed by atoms with E-state index in [0.717, 1.165) is 30.2 Å². The number of nitrogens with zero attached hydrogens (tertiary/aromatic N) is 2. The van der Waals surface area contributed by atoms with Crippen molar-refractivity contribution in [3.8, 4) is 17.1 Å². The van der Waals surface area contributed by atoms with Gasteiger partial charge in [-0.3, -0.25) is 0 Å². The molecule has 2 aromatic rings. The minimum absolute atomic E-state index is 0.234. The minimum Gasteiger partial charge on any atom is -0.478 e. The molecule has 1 atom stereocenters. The van der Waals surface area contributed by atoms with Crippen LogP contribution in [0.2, 0.25) is 0 Å². The van der Waals surface area contributed by atoms with Crippen molar-refractivity contribution in [3.05, 3.63) is 36.1 Å². The molecule has 0 aliphatic carbocycles. The number of ether oxygens (including phenoxy) is 1. The van der Waals surface area contributed by atoms with E-state index < -0.39 is 0 Å². The summed E-state index contributed by atoms with van der Waals surface area (Å²) in [6, 6.07) is 8.61. The van der Waals surface area contributed by atoms with Crippen LogP contribution in [-0.4, -0.2) is 16.4 Å². The zero-order valence-electron chi connectivity index (χ0n) is 9.56. The van der Waals surface area contributed by atoms with Gasteiger partial charge >= 0.3 is 0 Å². The molecule has 2 heterocycles. The van der Waals surface area contributed by atoms with Crippen LogP contribution >= 0.6 is 0 Å². The highest BCUT2D eigenvalue weighted by Crippen LogP contribution is 2.30. The number of halogens is 1. The Morgan fingerprint density at radius 3 is 2.82 bits per heavy atom. The van der Waals surface area contributed by atoms with E-state index in [1.165, 1.54) is 12.1 Å². The zero-order valence-corrected chi connectivity index (χ0v) is 9.56. The van der Waals surface area contributed by atoms with E-state index >= 15 is 0 Å². The van der Waals surface area contributed by atoms with E-state index in [1.54, 1.807) is 12.1 Å². The van der Waals surface area contributed by atoms with Crippen molar-refractivity contribution in [1.82, 2.24) is 9.78 Å². The van der Waals surface area contributed by atoms with Gasteiger partial charge in [0.05, 0.1) is 18.3 Å². The Balaban J connectivity index is 2.02. The molecular weight excluding hydrogens is 219 g/mol. The molecule has 1 aromatic heterocycles. The van der Waals surface area contributed by atoms with Crippen LogP contribution in [0.15, 0.2) is 30.3 Å². The van der Waals surface area contributed by atoms with Crippen molar-refractivity contribution in [2.24, 2.45) is 0 Å². The number of hydrogen-bond donors (Lipinski definition) is 0. The Morgan fingerprint density at radius 2 is 2.12 bits per heavy atom. The van der Waals surface area contributed by atoms with Crippen molar-refractivity contribution in [3.63, 3.8) is 0 Å². The zero-order chi connectivity index (χ0) is 11.8. The molecular formula is C13H13FN2O. The largest absolute Gasteiger partial charge is 0.478 e. The smallest absolute Gasteiger partial charge is 0.212 e. The highest BCUT2D eigenvalue weighted by molar-refractivity contribution is 5.60. The van der Waals surface area contributed by atoms with Gasteiger partial charge in [-0.1, -0.05) is 0 Å². The maximum absolute atomic E-state index is 12.8. The maximum Gasteiger partial charge on any atom is 0.212 e. The van der Waals surface area contributed by atoms with Crippen LogP contribution in [0.4, 0.5) is 4.39 Å². The molecule has 0 N–H and O–H groups in total. The summed E-state index contributed by atoms with van der Waals surface area (Å²) >= 11 is 0. The lowest BCUT2D eigenvalue weighted by molar-refractivity contribution is 0.201. The van der Waals surface area contributed by atoms with Gasteiger partial charge in [0.25, 0.3) is 0 Å². The molecule has 0 amide bonds. The Kier molecular flexibility index (Phi) is 2.35. The summed E-state index contributed by atoms with van der Waals surface area (Å²) in [5.74, 6) is 0.561. The molecule has 88 valence electrons. The normalized spacial score (nSPS) is 18.6. The molecule has 0 saturated heterocycles. The van der Waals surface area contributed by atoms with E-state index in [-0.39, 0.29) is 5.82 Å². The first-order chi connectivity index (χ1) is 8.24. The second-order valence-electron chi connectivity index (χ2n) is 4.31. The third-order valence-electron chi connectivity index (χ3n) is 3.04. The van der Waals surface area contributed by atoms with Gasteiger partial charge in [0.1, 0.15) is 5.82 Å². The van der Waals surface area contributed by atoms with Gasteiger partial charge < -0.3 is 4.74 Å². The van der Waals surface area contributed by atoms with Gasteiger partial charge in [-0.2, -0.15) is 5.10 Å². The van der Waals surface area contributed by atoms with Gasteiger partial charge in [0, 0.05) is 18.1 Å². The lowest BCUT2D eigenvalue weighted by Gasteiger charge is -2.20. The summed E-state index contributed by atoms with van der Waals surface area (Å²) in [7, 11) is 0. The Bertz CT molecular complexity index is 533. The number of benzene rings is 1. The van der Waals surface area contributed by atoms with E-state index in [1.807, 2.05) is 10.7 Å². The average Bonchev–Trinajstić information content (AvgIpc) is 2.75. The first-order valence-electron chi connectivity index (χ1n) is 5.72. The minimum atomic E-state index is -0.234. The molecule has 1 aromatic carbocycles. The number of rotatable bonds is 1. The van der Waals surface area contributed by atoms with Crippen LogP contribution in [0.3, 0.4) is 0 Å². The third-order valence-corrected chi connectivity index (χ3v) is 3.04. The standard InChI is InChI=1S/C13H13FN2O/c1-9-6-7-17-13-8-12(15-16(9)13)10-2-4-11(14)5-3-10/h2-5,8-9H,6-7H2,1H3. The topological polar surface area (TPSA) is 27.1 Å². The fraction of sp³-hybridized carbons (Fsp3) is 0.308. The Hall–Kier alpha value is -1.84. The molecule has 3 nitrogen and oxygen atoms in total. The van der Waals surface area contributed by atoms with E-state index in [9.17, 15) is 4.39 Å². The number of aromatic nitrogens is 2. The van der Waals surface area contributed by atoms with Gasteiger partial charge in [-0.15, -0.1) is 0 Å². The maximum atomic E-state index is 12.8. The molecule has 0 bridgehead atoms. The van der Waals surface area contributed by atoms with Crippen LogP contribution in [0.25, 0.3) is 11.3 Å². The fourth-order valence-electron chi connectivity index (χ4n) is 2.02. The lowest BCUT2D eigenvalue weighted by atomic mass is 10.1. The first-order valence-corrected chi connectivity index (χ1v) is 5.72. The van der Waals surface area contributed by atoms with Gasteiger partial charge in [0.2, 0.25) is 5.88 Å². The molecule has 0 fully saturated rings. The number of fused-ring (bicyclic) bond motifs is 1. The summed E-state index contributed by atoms with van der Waals surface area (Å²) in [5, 5.41) is 4.50. The molecule has 0 spiro atoms. The van der Waals surface area contributed by atoms with Crippen molar-refractivity contribution in [1.29, 1.82) is 0 Å². The average molecular weight is 232 g/mol. The predicted octanol–water partition coefficient (Wildman–Crippen LogP) is 3.03. The summed E-state index contributed by atoms with van der Waals surface area (Å²) in [6.45, 7) is 2.85. The van der Waals surface area contributed by atoms with E-state index in [2.05, 4.69) is 12.0 Å². The van der Waals surface area contributed by atoms with Crippen molar-refractivity contribution >= 4 is 0 Å². The highest BCUT2D eigenvalue weighted by atomic mass is 19.1. The third kappa shape index (κ3) is 1.79. The molecule has 4 heteroatoms. The van der Waals surface area contributed by atoms with Gasteiger partial charge in [-0.25, -0.2) is 9.07 Å². The molecule has 3 rings (SSSR count). The first kappa shape index (κ1) is 10.3. The second-order valence-corrected chi connectivity index (χ2v) is 4.31. The quantitative estimate of drug-likeness (QED) is 0.755. The molecule has 0 radical (unpaired) electrons. The summed E-state index contributed by atoms with van der Waals surface area (Å²) in [6.07, 6.45) is 0.970. The van der Waals surface area contributed by atoms with Gasteiger partial charge in [0.15, 0.2) is 0 Å². The monoisotopic (exact) mass is 232 g/mol. The molecule has 1 aliphatic rings. The van der Waals surface area contributed by atoms with Crippen molar-refractivity contribution in [2.75, 3.05) is 6.61 Å². The van der Waals surface area contributed by atoms with E-state index in [0.29, 0.717) is 6.04 Å². The predicted molar refractivity (Wildman–Crippen MR) is 62.4 cm³/mol. The summed E-state index contributed by atoms with van der Waals surface area (Å²) in [4.78, 5) is 0. The Labute approximate surface area is 98.8 Å².